The highest BCUT2D eigenvalue weighted by Gasteiger charge is 2.20. The molecule has 0 fully saturated rings. The standard InChI is InChI=1S/C14H20ClNO2S/c1-9(2)13(8-17)16-14(18)10(3)19-12-6-4-11(15)5-7-12/h4-7,9-10,13,17H,8H2,1-3H3,(H,16,18)/t10?,13-/m1/s1. The highest BCUT2D eigenvalue weighted by atomic mass is 35.5. The molecule has 0 aliphatic rings. The number of aliphatic hydroxyl groups excluding tert-OH is 1. The molecule has 0 saturated carbocycles. The van der Waals surface area contributed by atoms with Crippen molar-refractivity contribution in [2.45, 2.75) is 37.0 Å². The van der Waals surface area contributed by atoms with Crippen LogP contribution in [0.25, 0.3) is 0 Å². The second kappa shape index (κ2) is 7.78. The van der Waals surface area contributed by atoms with Crippen LogP contribution in [-0.4, -0.2) is 28.9 Å². The fourth-order valence-electron chi connectivity index (χ4n) is 1.49. The number of thioether (sulfide) groups is 1. The van der Waals surface area contributed by atoms with Gasteiger partial charge in [-0.1, -0.05) is 25.4 Å². The summed E-state index contributed by atoms with van der Waals surface area (Å²) in [4.78, 5) is 13.0. The summed E-state index contributed by atoms with van der Waals surface area (Å²) in [5.74, 6) is 0.148. The number of carbonyl (C=O) groups is 1. The second-order valence-corrected chi connectivity index (χ2v) is 6.61. The van der Waals surface area contributed by atoms with Gasteiger partial charge in [0.05, 0.1) is 17.9 Å². The predicted octanol–water partition coefficient (Wildman–Crippen LogP) is 2.95. The summed E-state index contributed by atoms with van der Waals surface area (Å²) >= 11 is 7.29. The summed E-state index contributed by atoms with van der Waals surface area (Å²) < 4.78 is 0. The number of hydrogen-bond donors (Lipinski definition) is 2. The molecule has 5 heteroatoms. The zero-order chi connectivity index (χ0) is 14.4. The molecule has 1 amide bonds. The third-order valence-corrected chi connectivity index (χ3v) is 4.19. The predicted molar refractivity (Wildman–Crippen MR) is 80.6 cm³/mol. The third-order valence-electron chi connectivity index (χ3n) is 2.82. The van der Waals surface area contributed by atoms with Gasteiger partial charge in [-0.25, -0.2) is 0 Å². The van der Waals surface area contributed by atoms with Crippen molar-refractivity contribution in [1.82, 2.24) is 5.32 Å². The van der Waals surface area contributed by atoms with Crippen LogP contribution in [0.1, 0.15) is 20.8 Å². The monoisotopic (exact) mass is 301 g/mol. The normalized spacial score (nSPS) is 14.2. The van der Waals surface area contributed by atoms with Crippen LogP contribution >= 0.6 is 23.4 Å². The van der Waals surface area contributed by atoms with E-state index in [0.29, 0.717) is 5.02 Å². The van der Waals surface area contributed by atoms with Crippen LogP contribution in [0.4, 0.5) is 0 Å². The van der Waals surface area contributed by atoms with Crippen LogP contribution in [-0.2, 0) is 4.79 Å². The van der Waals surface area contributed by atoms with Gasteiger partial charge in [0.2, 0.25) is 5.91 Å². The number of hydrogen-bond acceptors (Lipinski definition) is 3. The SMILES string of the molecule is CC(Sc1ccc(Cl)cc1)C(=O)N[C@H](CO)C(C)C. The van der Waals surface area contributed by atoms with E-state index in [2.05, 4.69) is 5.32 Å². The molecule has 2 N–H and O–H groups in total. The summed E-state index contributed by atoms with van der Waals surface area (Å²) in [7, 11) is 0. The third kappa shape index (κ3) is 5.43. The van der Waals surface area contributed by atoms with Gasteiger partial charge in [-0.3, -0.25) is 4.79 Å². The van der Waals surface area contributed by atoms with E-state index in [-0.39, 0.29) is 29.7 Å². The van der Waals surface area contributed by atoms with Crippen molar-refractivity contribution in [2.24, 2.45) is 5.92 Å². The molecule has 2 atom stereocenters. The molecule has 1 unspecified atom stereocenters. The maximum absolute atomic E-state index is 12.0. The highest BCUT2D eigenvalue weighted by molar-refractivity contribution is 8.00. The van der Waals surface area contributed by atoms with E-state index in [9.17, 15) is 9.90 Å². The first-order valence-corrected chi connectivity index (χ1v) is 7.53. The minimum atomic E-state index is -0.214. The topological polar surface area (TPSA) is 49.3 Å². The van der Waals surface area contributed by atoms with Crippen molar-refractivity contribution in [1.29, 1.82) is 0 Å². The van der Waals surface area contributed by atoms with Crippen LogP contribution < -0.4 is 5.32 Å². The molecule has 0 bridgehead atoms. The number of nitrogens with one attached hydrogen (secondary N) is 1. The first-order valence-electron chi connectivity index (χ1n) is 6.27. The Morgan fingerprint density at radius 1 is 1.32 bits per heavy atom. The molecule has 0 aromatic heterocycles. The lowest BCUT2D eigenvalue weighted by atomic mass is 10.1. The Morgan fingerprint density at radius 2 is 1.89 bits per heavy atom. The van der Waals surface area contributed by atoms with E-state index >= 15 is 0 Å². The molecule has 0 saturated heterocycles. The van der Waals surface area contributed by atoms with Crippen LogP contribution in [0.5, 0.6) is 0 Å². The van der Waals surface area contributed by atoms with Gasteiger partial charge in [-0.15, -0.1) is 11.8 Å². The zero-order valence-corrected chi connectivity index (χ0v) is 13.0. The van der Waals surface area contributed by atoms with E-state index in [1.165, 1.54) is 11.8 Å². The minimum absolute atomic E-state index is 0.0399. The zero-order valence-electron chi connectivity index (χ0n) is 11.4. The van der Waals surface area contributed by atoms with Crippen LogP contribution in [0.2, 0.25) is 5.02 Å². The molecule has 0 heterocycles. The molecule has 0 radical (unpaired) electrons. The Hall–Kier alpha value is -0.710. The lowest BCUT2D eigenvalue weighted by molar-refractivity contribution is -0.121. The lowest BCUT2D eigenvalue weighted by Crippen LogP contribution is -2.44. The van der Waals surface area contributed by atoms with Crippen LogP contribution in [0.3, 0.4) is 0 Å². The summed E-state index contributed by atoms with van der Waals surface area (Å²) in [5, 5.41) is 12.5. The molecular formula is C14H20ClNO2S. The first-order chi connectivity index (χ1) is 8.93. The Morgan fingerprint density at radius 3 is 2.37 bits per heavy atom. The number of rotatable bonds is 6. The summed E-state index contributed by atoms with van der Waals surface area (Å²) in [6.45, 7) is 5.75. The maximum atomic E-state index is 12.0. The number of aliphatic hydroxyl groups is 1. The van der Waals surface area contributed by atoms with Crippen LogP contribution in [0, 0.1) is 5.92 Å². The van der Waals surface area contributed by atoms with Crippen molar-refractivity contribution in [2.75, 3.05) is 6.61 Å². The molecule has 1 aromatic carbocycles. The molecule has 0 aliphatic carbocycles. The quantitative estimate of drug-likeness (QED) is 0.794. The molecule has 0 aliphatic heterocycles. The summed E-state index contributed by atoms with van der Waals surface area (Å²) in [6.07, 6.45) is 0. The van der Waals surface area contributed by atoms with Gasteiger partial charge in [0.1, 0.15) is 0 Å². The van der Waals surface area contributed by atoms with Gasteiger partial charge in [0, 0.05) is 9.92 Å². The number of carbonyl (C=O) groups excluding carboxylic acids is 1. The Labute approximate surface area is 123 Å². The molecule has 19 heavy (non-hydrogen) atoms. The Bertz CT molecular complexity index is 408. The largest absolute Gasteiger partial charge is 0.394 e. The average molecular weight is 302 g/mol. The minimum Gasteiger partial charge on any atom is -0.394 e. The highest BCUT2D eigenvalue weighted by Crippen LogP contribution is 2.24. The fourth-order valence-corrected chi connectivity index (χ4v) is 2.50. The number of halogens is 1. The van der Waals surface area contributed by atoms with Gasteiger partial charge in [-0.05, 0) is 37.1 Å². The van der Waals surface area contributed by atoms with Crippen LogP contribution in [0.15, 0.2) is 29.2 Å². The molecule has 0 spiro atoms. The van der Waals surface area contributed by atoms with Gasteiger partial charge in [0.25, 0.3) is 0 Å². The molecule has 1 rings (SSSR count). The summed E-state index contributed by atoms with van der Waals surface area (Å²) in [6, 6.07) is 7.20. The van der Waals surface area contributed by atoms with Crippen molar-refractivity contribution in [3.8, 4) is 0 Å². The first kappa shape index (κ1) is 16.3. The van der Waals surface area contributed by atoms with Crippen molar-refractivity contribution < 1.29 is 9.90 Å². The molecule has 106 valence electrons. The van der Waals surface area contributed by atoms with Crippen molar-refractivity contribution >= 4 is 29.3 Å². The van der Waals surface area contributed by atoms with E-state index in [1.54, 1.807) is 12.1 Å². The molecule has 3 nitrogen and oxygen atoms in total. The maximum Gasteiger partial charge on any atom is 0.233 e. The Kier molecular flexibility index (Phi) is 6.69. The smallest absolute Gasteiger partial charge is 0.233 e. The van der Waals surface area contributed by atoms with E-state index in [1.807, 2.05) is 32.9 Å². The average Bonchev–Trinajstić information content (AvgIpc) is 2.37. The van der Waals surface area contributed by atoms with Crippen molar-refractivity contribution in [3.05, 3.63) is 29.3 Å². The molecular weight excluding hydrogens is 282 g/mol. The van der Waals surface area contributed by atoms with E-state index in [4.69, 9.17) is 11.6 Å². The fraction of sp³-hybridized carbons (Fsp3) is 0.500. The second-order valence-electron chi connectivity index (χ2n) is 4.76. The van der Waals surface area contributed by atoms with E-state index in [0.717, 1.165) is 4.90 Å². The van der Waals surface area contributed by atoms with Gasteiger partial charge in [0.15, 0.2) is 0 Å². The number of benzene rings is 1. The van der Waals surface area contributed by atoms with Gasteiger partial charge in [-0.2, -0.15) is 0 Å². The van der Waals surface area contributed by atoms with E-state index < -0.39 is 0 Å². The van der Waals surface area contributed by atoms with Gasteiger partial charge >= 0.3 is 0 Å². The lowest BCUT2D eigenvalue weighted by Gasteiger charge is -2.22. The Balaban J connectivity index is 2.55. The summed E-state index contributed by atoms with van der Waals surface area (Å²) in [5.41, 5.74) is 0. The number of amides is 1. The molecule has 1 aromatic rings. The van der Waals surface area contributed by atoms with Gasteiger partial charge < -0.3 is 10.4 Å². The van der Waals surface area contributed by atoms with Crippen molar-refractivity contribution in [3.63, 3.8) is 0 Å².